The van der Waals surface area contributed by atoms with Crippen LogP contribution in [0.3, 0.4) is 0 Å². The van der Waals surface area contributed by atoms with Gasteiger partial charge in [0.05, 0.1) is 41.8 Å². The van der Waals surface area contributed by atoms with Crippen molar-refractivity contribution in [2.24, 2.45) is 0 Å². The second-order valence-corrected chi connectivity index (χ2v) is 11.8. The Bertz CT molecular complexity index is 1800. The first-order chi connectivity index (χ1) is 19.6. The summed E-state index contributed by atoms with van der Waals surface area (Å²) in [5, 5.41) is 4.26. The maximum Gasteiger partial charge on any atom is 0.219 e. The number of carbonyl (C=O) groups excluding carboxylic acids is 1. The molecule has 0 fully saturated rings. The maximum absolute atomic E-state index is 14.7. The molecule has 0 spiro atoms. The smallest absolute Gasteiger partial charge is 0.219 e. The van der Waals surface area contributed by atoms with Crippen LogP contribution in [0.25, 0.3) is 11.8 Å². The lowest BCUT2D eigenvalue weighted by atomic mass is 10.0. The van der Waals surface area contributed by atoms with Crippen molar-refractivity contribution in [1.82, 2.24) is 14.8 Å². The van der Waals surface area contributed by atoms with Crippen LogP contribution >= 0.6 is 0 Å². The summed E-state index contributed by atoms with van der Waals surface area (Å²) < 4.78 is 72.4. The SMILES string of the molecule is Cc1cc(Oc2ccccc2F)ncc1-n1ncc(C(=O)C2=Cc3cc(F)c(CS(=O)(=O)CCCF)cc3C2)c1N. The quantitative estimate of drug-likeness (QED) is 0.251. The van der Waals surface area contributed by atoms with Crippen molar-refractivity contribution in [2.45, 2.75) is 25.5 Å². The summed E-state index contributed by atoms with van der Waals surface area (Å²) in [6.07, 6.45) is 4.32. The molecule has 2 heterocycles. The van der Waals surface area contributed by atoms with Crippen LogP contribution in [0.15, 0.2) is 60.4 Å². The van der Waals surface area contributed by atoms with E-state index in [4.69, 9.17) is 10.5 Å². The molecule has 2 aromatic carbocycles. The molecule has 5 rings (SSSR count). The van der Waals surface area contributed by atoms with Crippen molar-refractivity contribution in [1.29, 1.82) is 0 Å². The molecule has 0 amide bonds. The number of nitrogens with zero attached hydrogens (tertiary/aromatic N) is 3. The number of alkyl halides is 1. The molecular formula is C29H25F3N4O4S. The first kappa shape index (κ1) is 28.1. The lowest BCUT2D eigenvalue weighted by Crippen LogP contribution is -2.11. The first-order valence-electron chi connectivity index (χ1n) is 12.6. The number of ketones is 1. The molecule has 0 aliphatic heterocycles. The molecule has 4 aromatic rings. The van der Waals surface area contributed by atoms with E-state index in [2.05, 4.69) is 10.1 Å². The average molecular weight is 583 g/mol. The number of carbonyl (C=O) groups is 1. The number of aromatic nitrogens is 3. The highest BCUT2D eigenvalue weighted by Crippen LogP contribution is 2.32. The Morgan fingerprint density at radius 2 is 1.90 bits per heavy atom. The van der Waals surface area contributed by atoms with E-state index in [1.54, 1.807) is 31.2 Å². The van der Waals surface area contributed by atoms with Crippen LogP contribution < -0.4 is 10.5 Å². The molecule has 41 heavy (non-hydrogen) atoms. The number of sulfone groups is 1. The minimum Gasteiger partial charge on any atom is -0.436 e. The first-order valence-corrected chi connectivity index (χ1v) is 14.4. The Morgan fingerprint density at radius 3 is 2.63 bits per heavy atom. The fourth-order valence-electron chi connectivity index (χ4n) is 4.59. The molecule has 0 saturated carbocycles. The number of halogens is 3. The molecule has 0 atom stereocenters. The molecule has 0 unspecified atom stereocenters. The highest BCUT2D eigenvalue weighted by molar-refractivity contribution is 7.90. The monoisotopic (exact) mass is 582 g/mol. The van der Waals surface area contributed by atoms with Crippen molar-refractivity contribution in [3.63, 3.8) is 0 Å². The molecule has 1 aliphatic rings. The van der Waals surface area contributed by atoms with Gasteiger partial charge in [-0.25, -0.2) is 26.9 Å². The van der Waals surface area contributed by atoms with Crippen LogP contribution in [-0.2, 0) is 22.0 Å². The maximum atomic E-state index is 14.7. The number of anilines is 1. The van der Waals surface area contributed by atoms with Gasteiger partial charge in [-0.1, -0.05) is 18.2 Å². The fraction of sp³-hybridized carbons (Fsp3) is 0.207. The highest BCUT2D eigenvalue weighted by Gasteiger charge is 2.26. The molecule has 0 radical (unpaired) electrons. The molecule has 2 aromatic heterocycles. The van der Waals surface area contributed by atoms with Gasteiger partial charge >= 0.3 is 0 Å². The zero-order chi connectivity index (χ0) is 29.3. The van der Waals surface area contributed by atoms with E-state index in [1.807, 2.05) is 0 Å². The Hall–Kier alpha value is -4.45. The third-order valence-electron chi connectivity index (χ3n) is 6.66. The number of aryl methyl sites for hydroxylation is 1. The van der Waals surface area contributed by atoms with Gasteiger partial charge in [0.1, 0.15) is 11.6 Å². The van der Waals surface area contributed by atoms with E-state index < -0.39 is 39.7 Å². The van der Waals surface area contributed by atoms with Crippen LogP contribution in [0.5, 0.6) is 11.6 Å². The summed E-state index contributed by atoms with van der Waals surface area (Å²) in [5.74, 6) is -2.33. The van der Waals surface area contributed by atoms with E-state index >= 15 is 0 Å². The number of hydrogen-bond acceptors (Lipinski definition) is 7. The van der Waals surface area contributed by atoms with Gasteiger partial charge in [-0.2, -0.15) is 5.10 Å². The van der Waals surface area contributed by atoms with Crippen LogP contribution in [0.4, 0.5) is 19.0 Å². The number of hydrogen-bond donors (Lipinski definition) is 1. The van der Waals surface area contributed by atoms with Crippen LogP contribution in [0.2, 0.25) is 0 Å². The number of benzene rings is 2. The lowest BCUT2D eigenvalue weighted by Gasteiger charge is -2.11. The summed E-state index contributed by atoms with van der Waals surface area (Å²) in [6, 6.07) is 10.2. The number of Topliss-reactive ketones (excluding diaryl/α,β-unsaturated/α-hetero) is 1. The average Bonchev–Trinajstić information content (AvgIpc) is 3.51. The second-order valence-electron chi connectivity index (χ2n) is 9.65. The molecule has 12 heteroatoms. The number of fused-ring (bicyclic) bond motifs is 1. The molecular weight excluding hydrogens is 557 g/mol. The van der Waals surface area contributed by atoms with Crippen LogP contribution in [-0.4, -0.2) is 41.4 Å². The van der Waals surface area contributed by atoms with Gasteiger partial charge in [0.2, 0.25) is 5.88 Å². The van der Waals surface area contributed by atoms with Gasteiger partial charge < -0.3 is 10.5 Å². The van der Waals surface area contributed by atoms with E-state index in [1.165, 1.54) is 41.3 Å². The Balaban J connectivity index is 1.34. The zero-order valence-electron chi connectivity index (χ0n) is 21.9. The number of para-hydroxylation sites is 1. The molecule has 8 nitrogen and oxygen atoms in total. The van der Waals surface area contributed by atoms with Crippen molar-refractivity contribution in [3.8, 4) is 17.3 Å². The summed E-state index contributed by atoms with van der Waals surface area (Å²) >= 11 is 0. The van der Waals surface area contributed by atoms with Gasteiger partial charge in [0, 0.05) is 23.6 Å². The summed E-state index contributed by atoms with van der Waals surface area (Å²) in [7, 11) is -3.68. The Morgan fingerprint density at radius 1 is 1.12 bits per heavy atom. The van der Waals surface area contributed by atoms with Crippen LogP contribution in [0.1, 0.15) is 39.0 Å². The van der Waals surface area contributed by atoms with Crippen molar-refractivity contribution < 1.29 is 31.1 Å². The molecule has 1 aliphatic carbocycles. The van der Waals surface area contributed by atoms with E-state index in [0.717, 1.165) is 0 Å². The van der Waals surface area contributed by atoms with Gasteiger partial charge in [-0.3, -0.25) is 9.18 Å². The number of rotatable bonds is 10. The Labute approximate surface area is 234 Å². The van der Waals surface area contributed by atoms with Gasteiger partial charge in [0.25, 0.3) is 0 Å². The van der Waals surface area contributed by atoms with E-state index in [0.29, 0.717) is 28.0 Å². The number of allylic oxidation sites excluding steroid dienone is 1. The number of nitrogens with two attached hydrogens (primary N) is 1. The van der Waals surface area contributed by atoms with Gasteiger partial charge in [-0.15, -0.1) is 0 Å². The number of ether oxygens (including phenoxy) is 1. The predicted molar refractivity (Wildman–Crippen MR) is 147 cm³/mol. The van der Waals surface area contributed by atoms with Crippen molar-refractivity contribution in [2.75, 3.05) is 18.2 Å². The predicted octanol–water partition coefficient (Wildman–Crippen LogP) is 5.33. The third-order valence-corrected chi connectivity index (χ3v) is 8.32. The zero-order valence-corrected chi connectivity index (χ0v) is 22.7. The lowest BCUT2D eigenvalue weighted by molar-refractivity contribution is 0.103. The number of nitrogen functional groups attached to an aromatic ring is 1. The largest absolute Gasteiger partial charge is 0.436 e. The molecule has 0 bridgehead atoms. The van der Waals surface area contributed by atoms with E-state index in [-0.39, 0.29) is 47.2 Å². The molecule has 2 N–H and O–H groups in total. The normalized spacial score (nSPS) is 12.7. The summed E-state index contributed by atoms with van der Waals surface area (Å²) in [5.41, 5.74) is 8.94. The summed E-state index contributed by atoms with van der Waals surface area (Å²) in [6.45, 7) is 0.986. The topological polar surface area (TPSA) is 117 Å². The molecule has 0 saturated heterocycles. The third kappa shape index (κ3) is 5.87. The summed E-state index contributed by atoms with van der Waals surface area (Å²) in [4.78, 5) is 17.6. The molecule has 212 valence electrons. The van der Waals surface area contributed by atoms with Crippen molar-refractivity contribution >= 4 is 27.5 Å². The van der Waals surface area contributed by atoms with E-state index in [9.17, 15) is 26.4 Å². The van der Waals surface area contributed by atoms with Gasteiger partial charge in [-0.05, 0) is 54.3 Å². The second kappa shape index (κ2) is 11.2. The minimum absolute atomic E-state index is 0.0231. The van der Waals surface area contributed by atoms with Crippen LogP contribution in [0, 0.1) is 18.6 Å². The highest BCUT2D eigenvalue weighted by atomic mass is 32.2. The van der Waals surface area contributed by atoms with Crippen molar-refractivity contribution in [3.05, 3.63) is 99.9 Å². The minimum atomic E-state index is -3.68. The number of pyridine rings is 1. The standard InChI is InChI=1S/C29H25F3N4O4S/c1-17-9-27(40-26-6-3-2-5-23(26)31)34-15-25(17)36-29(33)22(14-35-36)28(37)20-10-18-12-21(24(32)13-19(18)11-20)16-41(38,39)8-4-7-30/h2-3,5-6,9,11-15H,4,7-8,10,16,33H2,1H3. The fourth-order valence-corrected chi connectivity index (χ4v) is 5.98. The van der Waals surface area contributed by atoms with Gasteiger partial charge in [0.15, 0.2) is 27.2 Å². The Kier molecular flexibility index (Phi) is 7.68.